The Bertz CT molecular complexity index is 595. The molecular weight excluding hydrogens is 311 g/mol. The van der Waals surface area contributed by atoms with Crippen LogP contribution in [0.3, 0.4) is 0 Å². The van der Waals surface area contributed by atoms with Gasteiger partial charge in [-0.15, -0.1) is 0 Å². The first-order valence-electron chi connectivity index (χ1n) is 7.71. The average molecular weight is 329 g/mol. The number of anilines is 1. The van der Waals surface area contributed by atoms with Crippen LogP contribution in [0, 0.1) is 5.92 Å². The molecule has 4 nitrogen and oxygen atoms in total. The average Bonchev–Trinajstić information content (AvgIpc) is 2.90. The molecule has 1 N–H and O–H groups in total. The topological polar surface area (TPSA) is 49.8 Å². The van der Waals surface area contributed by atoms with Crippen LogP contribution in [-0.4, -0.2) is 30.0 Å². The lowest BCUT2D eigenvalue weighted by atomic mass is 9.87. The molecule has 2 aliphatic rings. The quantitative estimate of drug-likeness (QED) is 0.883. The van der Waals surface area contributed by atoms with Crippen LogP contribution < -0.4 is 9.64 Å². The molecule has 1 aromatic rings. The summed E-state index contributed by atoms with van der Waals surface area (Å²) < 4.78 is 43.8. The SMILES string of the molecule is O=C(O)N1CCc2cc(OC3CCC(C(F)(F)F)CC3)ccc21. The van der Waals surface area contributed by atoms with Crippen molar-refractivity contribution < 1.29 is 27.8 Å². The summed E-state index contributed by atoms with van der Waals surface area (Å²) in [6, 6.07) is 5.19. The van der Waals surface area contributed by atoms with Crippen molar-refractivity contribution in [2.75, 3.05) is 11.4 Å². The van der Waals surface area contributed by atoms with Crippen molar-refractivity contribution in [1.29, 1.82) is 0 Å². The van der Waals surface area contributed by atoms with E-state index in [4.69, 9.17) is 9.84 Å². The van der Waals surface area contributed by atoms with Gasteiger partial charge in [0.15, 0.2) is 0 Å². The fraction of sp³-hybridized carbons (Fsp3) is 0.562. The molecule has 0 bridgehead atoms. The zero-order chi connectivity index (χ0) is 16.6. The Morgan fingerprint density at radius 1 is 1.22 bits per heavy atom. The number of hydrogen-bond acceptors (Lipinski definition) is 2. The van der Waals surface area contributed by atoms with Gasteiger partial charge in [-0.1, -0.05) is 0 Å². The van der Waals surface area contributed by atoms with Crippen LogP contribution in [0.2, 0.25) is 0 Å². The van der Waals surface area contributed by atoms with Crippen molar-refractivity contribution in [3.8, 4) is 5.75 Å². The number of amides is 1. The van der Waals surface area contributed by atoms with Gasteiger partial charge in [-0.2, -0.15) is 13.2 Å². The summed E-state index contributed by atoms with van der Waals surface area (Å²) in [5.41, 5.74) is 1.56. The fourth-order valence-corrected chi connectivity index (χ4v) is 3.35. The van der Waals surface area contributed by atoms with Gasteiger partial charge in [0.1, 0.15) is 5.75 Å². The van der Waals surface area contributed by atoms with Gasteiger partial charge in [-0.3, -0.25) is 4.90 Å². The largest absolute Gasteiger partial charge is 0.490 e. The Kier molecular flexibility index (Phi) is 4.12. The molecule has 1 heterocycles. The molecule has 0 unspecified atom stereocenters. The molecule has 0 atom stereocenters. The molecule has 23 heavy (non-hydrogen) atoms. The number of rotatable bonds is 2. The predicted octanol–water partition coefficient (Wildman–Crippen LogP) is 4.23. The minimum absolute atomic E-state index is 0.103. The normalized spacial score (nSPS) is 24.4. The third-order valence-corrected chi connectivity index (χ3v) is 4.62. The minimum atomic E-state index is -4.11. The van der Waals surface area contributed by atoms with Gasteiger partial charge >= 0.3 is 12.3 Å². The number of carboxylic acid groups (broad SMARTS) is 1. The van der Waals surface area contributed by atoms with Crippen LogP contribution in [0.15, 0.2) is 18.2 Å². The highest BCUT2D eigenvalue weighted by Gasteiger charge is 2.41. The molecule has 1 aliphatic heterocycles. The number of alkyl halides is 3. The van der Waals surface area contributed by atoms with E-state index in [1.807, 2.05) is 0 Å². The molecule has 1 aromatic carbocycles. The van der Waals surface area contributed by atoms with Gasteiger partial charge in [-0.25, -0.2) is 4.79 Å². The number of nitrogens with zero attached hydrogens (tertiary/aromatic N) is 1. The van der Waals surface area contributed by atoms with Crippen molar-refractivity contribution in [2.24, 2.45) is 5.92 Å². The summed E-state index contributed by atoms with van der Waals surface area (Å²) in [4.78, 5) is 12.4. The maximum absolute atomic E-state index is 12.7. The van der Waals surface area contributed by atoms with E-state index in [-0.39, 0.29) is 18.9 Å². The minimum Gasteiger partial charge on any atom is -0.490 e. The van der Waals surface area contributed by atoms with Crippen molar-refractivity contribution in [3.63, 3.8) is 0 Å². The van der Waals surface area contributed by atoms with Crippen molar-refractivity contribution >= 4 is 11.8 Å². The third-order valence-electron chi connectivity index (χ3n) is 4.62. The number of ether oxygens (including phenoxy) is 1. The summed E-state index contributed by atoms with van der Waals surface area (Å²) in [6.45, 7) is 0.421. The summed E-state index contributed by atoms with van der Waals surface area (Å²) >= 11 is 0. The number of fused-ring (bicyclic) bond motifs is 1. The monoisotopic (exact) mass is 329 g/mol. The van der Waals surface area contributed by atoms with E-state index >= 15 is 0 Å². The Balaban J connectivity index is 1.61. The van der Waals surface area contributed by atoms with Gasteiger partial charge in [0, 0.05) is 6.54 Å². The Labute approximate surface area is 131 Å². The van der Waals surface area contributed by atoms with E-state index in [2.05, 4.69) is 0 Å². The van der Waals surface area contributed by atoms with Gasteiger partial charge in [0.25, 0.3) is 0 Å². The van der Waals surface area contributed by atoms with Gasteiger partial charge < -0.3 is 9.84 Å². The van der Waals surface area contributed by atoms with Gasteiger partial charge in [-0.05, 0) is 55.9 Å². The van der Waals surface area contributed by atoms with E-state index in [9.17, 15) is 18.0 Å². The summed E-state index contributed by atoms with van der Waals surface area (Å²) in [7, 11) is 0. The number of benzene rings is 1. The summed E-state index contributed by atoms with van der Waals surface area (Å²) in [5.74, 6) is -0.613. The number of hydrogen-bond donors (Lipinski definition) is 1. The lowest BCUT2D eigenvalue weighted by molar-refractivity contribution is -0.185. The molecule has 1 fully saturated rings. The smallest absolute Gasteiger partial charge is 0.411 e. The molecule has 0 saturated heterocycles. The second kappa shape index (κ2) is 5.94. The zero-order valence-corrected chi connectivity index (χ0v) is 12.5. The third kappa shape index (κ3) is 3.38. The molecular formula is C16H18F3NO3. The maximum Gasteiger partial charge on any atom is 0.411 e. The number of carbonyl (C=O) groups is 1. The van der Waals surface area contributed by atoms with E-state index < -0.39 is 18.2 Å². The molecule has 1 amide bonds. The zero-order valence-electron chi connectivity index (χ0n) is 12.5. The van der Waals surface area contributed by atoms with E-state index in [1.54, 1.807) is 18.2 Å². The molecule has 0 spiro atoms. The second-order valence-electron chi connectivity index (χ2n) is 6.11. The molecule has 126 valence electrons. The van der Waals surface area contributed by atoms with Crippen molar-refractivity contribution in [2.45, 2.75) is 44.4 Å². The second-order valence-corrected chi connectivity index (χ2v) is 6.11. The Hall–Kier alpha value is -1.92. The highest BCUT2D eigenvalue weighted by Crippen LogP contribution is 2.39. The molecule has 7 heteroatoms. The lowest BCUT2D eigenvalue weighted by Gasteiger charge is -2.30. The van der Waals surface area contributed by atoms with Crippen LogP contribution >= 0.6 is 0 Å². The fourth-order valence-electron chi connectivity index (χ4n) is 3.35. The van der Waals surface area contributed by atoms with Gasteiger partial charge in [0.05, 0.1) is 17.7 Å². The first-order valence-corrected chi connectivity index (χ1v) is 7.71. The van der Waals surface area contributed by atoms with Crippen LogP contribution in [-0.2, 0) is 6.42 Å². The van der Waals surface area contributed by atoms with Crippen LogP contribution in [0.4, 0.5) is 23.7 Å². The van der Waals surface area contributed by atoms with Crippen LogP contribution in [0.25, 0.3) is 0 Å². The van der Waals surface area contributed by atoms with Crippen molar-refractivity contribution in [1.82, 2.24) is 0 Å². The summed E-state index contributed by atoms with van der Waals surface area (Å²) in [6.07, 6.45) is -3.69. The van der Waals surface area contributed by atoms with E-state index in [0.29, 0.717) is 37.2 Å². The molecule has 1 aliphatic carbocycles. The van der Waals surface area contributed by atoms with Crippen molar-refractivity contribution in [3.05, 3.63) is 23.8 Å². The van der Waals surface area contributed by atoms with Crippen LogP contribution in [0.5, 0.6) is 5.75 Å². The van der Waals surface area contributed by atoms with Crippen LogP contribution in [0.1, 0.15) is 31.2 Å². The first kappa shape index (κ1) is 16.0. The van der Waals surface area contributed by atoms with E-state index in [0.717, 1.165) is 5.56 Å². The molecule has 0 aromatic heterocycles. The Morgan fingerprint density at radius 2 is 1.91 bits per heavy atom. The first-order chi connectivity index (χ1) is 10.8. The highest BCUT2D eigenvalue weighted by atomic mass is 19.4. The molecule has 3 rings (SSSR count). The van der Waals surface area contributed by atoms with Gasteiger partial charge in [0.2, 0.25) is 0 Å². The molecule has 1 saturated carbocycles. The molecule has 0 radical (unpaired) electrons. The Morgan fingerprint density at radius 3 is 2.52 bits per heavy atom. The standard InChI is InChI=1S/C16H18F3NO3/c17-16(18,19)11-1-3-12(4-2-11)23-13-5-6-14-10(9-13)7-8-20(14)15(21)22/h5-6,9,11-12H,1-4,7-8H2,(H,21,22). The lowest BCUT2D eigenvalue weighted by Crippen LogP contribution is -2.31. The summed E-state index contributed by atoms with van der Waals surface area (Å²) in [5, 5.41) is 9.08. The highest BCUT2D eigenvalue weighted by molar-refractivity contribution is 5.89. The van der Waals surface area contributed by atoms with E-state index in [1.165, 1.54) is 4.90 Å². The maximum atomic E-state index is 12.7. The number of halogens is 3. The predicted molar refractivity (Wildman–Crippen MR) is 77.9 cm³/mol.